The van der Waals surface area contributed by atoms with Crippen molar-refractivity contribution in [2.24, 2.45) is 0 Å². The fourth-order valence-corrected chi connectivity index (χ4v) is 3.77. The minimum absolute atomic E-state index is 0.0293. The minimum Gasteiger partial charge on any atom is -0.370 e. The first-order chi connectivity index (χ1) is 10.7. The molecule has 1 saturated heterocycles. The molecule has 1 aliphatic carbocycles. The van der Waals surface area contributed by atoms with Crippen molar-refractivity contribution in [1.82, 2.24) is 9.78 Å². The Hall–Kier alpha value is -1.67. The van der Waals surface area contributed by atoms with Crippen molar-refractivity contribution in [2.75, 3.05) is 0 Å². The Labute approximate surface area is 130 Å². The SMILES string of the molecule is N#Cc1ccc(=O)n(CC2CCC3(CCCCCCC3)O2)n1. The summed E-state index contributed by atoms with van der Waals surface area (Å²) >= 11 is 0. The molecule has 5 heteroatoms. The summed E-state index contributed by atoms with van der Waals surface area (Å²) in [5, 5.41) is 13.0. The van der Waals surface area contributed by atoms with Crippen LogP contribution in [0.2, 0.25) is 0 Å². The van der Waals surface area contributed by atoms with E-state index in [1.54, 1.807) is 0 Å². The van der Waals surface area contributed by atoms with E-state index in [2.05, 4.69) is 5.10 Å². The number of rotatable bonds is 2. The highest BCUT2D eigenvalue weighted by Gasteiger charge is 2.39. The molecule has 1 aliphatic heterocycles. The second kappa shape index (κ2) is 6.62. The van der Waals surface area contributed by atoms with Gasteiger partial charge in [-0.25, -0.2) is 4.68 Å². The average Bonchev–Trinajstić information content (AvgIpc) is 2.90. The van der Waals surface area contributed by atoms with Crippen molar-refractivity contribution in [3.8, 4) is 6.07 Å². The van der Waals surface area contributed by atoms with E-state index in [9.17, 15) is 4.79 Å². The quantitative estimate of drug-likeness (QED) is 0.842. The predicted molar refractivity (Wildman–Crippen MR) is 82.4 cm³/mol. The maximum atomic E-state index is 11.9. The van der Waals surface area contributed by atoms with Crippen LogP contribution in [0.3, 0.4) is 0 Å². The molecule has 3 rings (SSSR count). The highest BCUT2D eigenvalue weighted by Crippen LogP contribution is 2.40. The van der Waals surface area contributed by atoms with Gasteiger partial charge in [-0.2, -0.15) is 10.4 Å². The van der Waals surface area contributed by atoms with E-state index in [1.165, 1.54) is 48.9 Å². The van der Waals surface area contributed by atoms with Crippen LogP contribution in [0.5, 0.6) is 0 Å². The molecule has 118 valence electrons. The van der Waals surface area contributed by atoms with Crippen molar-refractivity contribution in [1.29, 1.82) is 5.26 Å². The molecule has 1 aromatic heterocycles. The molecule has 1 saturated carbocycles. The van der Waals surface area contributed by atoms with Gasteiger partial charge in [-0.05, 0) is 31.7 Å². The third-order valence-corrected chi connectivity index (χ3v) is 4.96. The van der Waals surface area contributed by atoms with Crippen LogP contribution in [0.4, 0.5) is 0 Å². The van der Waals surface area contributed by atoms with Gasteiger partial charge in [0.05, 0.1) is 18.2 Å². The second-order valence-electron chi connectivity index (χ2n) is 6.58. The third kappa shape index (κ3) is 3.38. The zero-order valence-electron chi connectivity index (χ0n) is 13.0. The fraction of sp³-hybridized carbons (Fsp3) is 0.706. The van der Waals surface area contributed by atoms with Gasteiger partial charge in [-0.3, -0.25) is 4.79 Å². The van der Waals surface area contributed by atoms with Crippen LogP contribution in [0.25, 0.3) is 0 Å². The highest BCUT2D eigenvalue weighted by atomic mass is 16.5. The van der Waals surface area contributed by atoms with Gasteiger partial charge in [0.15, 0.2) is 5.69 Å². The second-order valence-corrected chi connectivity index (χ2v) is 6.58. The molecule has 1 aromatic rings. The van der Waals surface area contributed by atoms with E-state index in [0.717, 1.165) is 25.7 Å². The van der Waals surface area contributed by atoms with Gasteiger partial charge < -0.3 is 4.74 Å². The first-order valence-electron chi connectivity index (χ1n) is 8.37. The number of hydrogen-bond donors (Lipinski definition) is 0. The summed E-state index contributed by atoms with van der Waals surface area (Å²) in [4.78, 5) is 11.9. The molecular weight excluding hydrogens is 278 g/mol. The Kier molecular flexibility index (Phi) is 4.58. The lowest BCUT2D eigenvalue weighted by atomic mass is 9.85. The van der Waals surface area contributed by atoms with E-state index in [1.807, 2.05) is 6.07 Å². The van der Waals surface area contributed by atoms with Crippen molar-refractivity contribution in [3.63, 3.8) is 0 Å². The number of hydrogen-bond acceptors (Lipinski definition) is 4. The van der Waals surface area contributed by atoms with E-state index in [-0.39, 0.29) is 23.0 Å². The highest BCUT2D eigenvalue weighted by molar-refractivity contribution is 5.16. The Balaban J connectivity index is 1.68. The summed E-state index contributed by atoms with van der Waals surface area (Å²) in [6.45, 7) is 0.454. The Morgan fingerprint density at radius 1 is 1.23 bits per heavy atom. The number of ether oxygens (including phenoxy) is 1. The van der Waals surface area contributed by atoms with E-state index < -0.39 is 0 Å². The van der Waals surface area contributed by atoms with E-state index in [4.69, 9.17) is 10.00 Å². The lowest BCUT2D eigenvalue weighted by molar-refractivity contribution is -0.0630. The summed E-state index contributed by atoms with van der Waals surface area (Å²) < 4.78 is 7.76. The zero-order chi connectivity index (χ0) is 15.4. The van der Waals surface area contributed by atoms with Crippen molar-refractivity contribution < 1.29 is 4.74 Å². The largest absolute Gasteiger partial charge is 0.370 e. The summed E-state index contributed by atoms with van der Waals surface area (Å²) in [6, 6.07) is 4.85. The fourth-order valence-electron chi connectivity index (χ4n) is 3.77. The molecule has 1 unspecified atom stereocenters. The summed E-state index contributed by atoms with van der Waals surface area (Å²) in [5.41, 5.74) is 0.140. The van der Waals surface area contributed by atoms with Crippen molar-refractivity contribution in [3.05, 3.63) is 28.2 Å². The monoisotopic (exact) mass is 301 g/mol. The first kappa shape index (κ1) is 15.2. The topological polar surface area (TPSA) is 67.9 Å². The molecule has 22 heavy (non-hydrogen) atoms. The van der Waals surface area contributed by atoms with Gasteiger partial charge >= 0.3 is 0 Å². The molecule has 2 aliphatic rings. The van der Waals surface area contributed by atoms with Crippen LogP contribution >= 0.6 is 0 Å². The minimum atomic E-state index is -0.166. The van der Waals surface area contributed by atoms with Gasteiger partial charge in [0.2, 0.25) is 0 Å². The summed E-state index contributed by atoms with van der Waals surface area (Å²) in [5.74, 6) is 0. The molecule has 0 amide bonds. The molecule has 0 bridgehead atoms. The molecule has 2 fully saturated rings. The number of nitriles is 1. The van der Waals surface area contributed by atoms with Gasteiger partial charge in [0.1, 0.15) is 6.07 Å². The molecule has 1 atom stereocenters. The Morgan fingerprint density at radius 2 is 1.95 bits per heavy atom. The lowest BCUT2D eigenvalue weighted by Crippen LogP contribution is -2.33. The van der Waals surface area contributed by atoms with Crippen LogP contribution in [0.1, 0.15) is 63.5 Å². The first-order valence-corrected chi connectivity index (χ1v) is 8.37. The van der Waals surface area contributed by atoms with Crippen molar-refractivity contribution in [2.45, 2.75) is 76.0 Å². The van der Waals surface area contributed by atoms with E-state index >= 15 is 0 Å². The smallest absolute Gasteiger partial charge is 0.266 e. The molecule has 2 heterocycles. The maximum absolute atomic E-state index is 11.9. The van der Waals surface area contributed by atoms with Crippen LogP contribution in [-0.4, -0.2) is 21.5 Å². The van der Waals surface area contributed by atoms with Gasteiger partial charge in [0.25, 0.3) is 5.56 Å². The molecule has 0 N–H and O–H groups in total. The normalized spacial score (nSPS) is 24.6. The third-order valence-electron chi connectivity index (χ3n) is 4.96. The lowest BCUT2D eigenvalue weighted by Gasteiger charge is -2.31. The average molecular weight is 301 g/mol. The van der Waals surface area contributed by atoms with Gasteiger partial charge in [0, 0.05) is 6.07 Å². The Morgan fingerprint density at radius 3 is 2.68 bits per heavy atom. The van der Waals surface area contributed by atoms with Crippen LogP contribution < -0.4 is 5.56 Å². The molecule has 5 nitrogen and oxygen atoms in total. The Bertz CT molecular complexity index is 609. The number of nitrogens with zero attached hydrogens (tertiary/aromatic N) is 3. The van der Waals surface area contributed by atoms with Crippen LogP contribution in [-0.2, 0) is 11.3 Å². The van der Waals surface area contributed by atoms with E-state index in [0.29, 0.717) is 6.54 Å². The molecule has 0 radical (unpaired) electrons. The molecule has 1 spiro atoms. The summed E-state index contributed by atoms with van der Waals surface area (Å²) in [6.07, 6.45) is 10.8. The summed E-state index contributed by atoms with van der Waals surface area (Å²) in [7, 11) is 0. The standard InChI is InChI=1S/C17H23N3O2/c18-12-14-6-7-16(21)20(19-14)13-15-8-11-17(22-15)9-4-2-1-3-5-10-17/h6-7,15H,1-5,8-11,13H2. The van der Waals surface area contributed by atoms with Crippen LogP contribution in [0, 0.1) is 11.3 Å². The molecule has 0 aromatic carbocycles. The van der Waals surface area contributed by atoms with Crippen molar-refractivity contribution >= 4 is 0 Å². The maximum Gasteiger partial charge on any atom is 0.266 e. The molecular formula is C17H23N3O2. The predicted octanol–water partition coefficient (Wildman–Crippen LogP) is 2.78. The van der Waals surface area contributed by atoms with Crippen LogP contribution in [0.15, 0.2) is 16.9 Å². The zero-order valence-corrected chi connectivity index (χ0v) is 13.0. The van der Waals surface area contributed by atoms with Gasteiger partial charge in [-0.15, -0.1) is 0 Å². The van der Waals surface area contributed by atoms with Gasteiger partial charge in [-0.1, -0.05) is 32.1 Å². The number of aromatic nitrogens is 2.